The first-order chi connectivity index (χ1) is 8.95. The van der Waals surface area contributed by atoms with Crippen LogP contribution in [0.2, 0.25) is 10.3 Å². The predicted octanol–water partition coefficient (Wildman–Crippen LogP) is 4.54. The summed E-state index contributed by atoms with van der Waals surface area (Å²) in [6.07, 6.45) is 0. The maximum atomic E-state index is 13.3. The molecule has 0 unspecified atom stereocenters. The quantitative estimate of drug-likeness (QED) is 0.795. The van der Waals surface area contributed by atoms with Gasteiger partial charge in [0.05, 0.1) is 4.47 Å². The average Bonchev–Trinajstić information content (AvgIpc) is 2.32. The Labute approximate surface area is 126 Å². The van der Waals surface area contributed by atoms with Crippen LogP contribution >= 0.6 is 39.1 Å². The second-order valence-electron chi connectivity index (χ2n) is 3.58. The monoisotopic (exact) mass is 362 g/mol. The number of amides is 1. The van der Waals surface area contributed by atoms with Crippen LogP contribution in [0.4, 0.5) is 10.1 Å². The van der Waals surface area contributed by atoms with E-state index >= 15 is 0 Å². The Morgan fingerprint density at radius 2 is 1.84 bits per heavy atom. The van der Waals surface area contributed by atoms with Gasteiger partial charge in [-0.25, -0.2) is 9.37 Å². The molecule has 2 rings (SSSR count). The molecule has 1 aromatic heterocycles. The van der Waals surface area contributed by atoms with Gasteiger partial charge in [-0.3, -0.25) is 4.79 Å². The molecule has 0 saturated heterocycles. The number of halogens is 4. The van der Waals surface area contributed by atoms with E-state index in [4.69, 9.17) is 23.2 Å². The number of pyridine rings is 1. The number of benzene rings is 1. The third-order valence-corrected chi connectivity index (χ3v) is 3.23. The maximum absolute atomic E-state index is 13.3. The molecule has 1 amide bonds. The highest BCUT2D eigenvalue weighted by atomic mass is 79.9. The summed E-state index contributed by atoms with van der Waals surface area (Å²) in [5.74, 6) is -0.920. The van der Waals surface area contributed by atoms with Crippen molar-refractivity contribution in [3.05, 3.63) is 56.5 Å². The fourth-order valence-corrected chi connectivity index (χ4v) is 2.08. The Hall–Kier alpha value is -1.17. The second kappa shape index (κ2) is 5.86. The van der Waals surface area contributed by atoms with Gasteiger partial charge in [-0.15, -0.1) is 0 Å². The summed E-state index contributed by atoms with van der Waals surface area (Å²) in [7, 11) is 0. The SMILES string of the molecule is O=C(Nc1ccc(Br)c(F)c1)c1cc(Cl)nc(Cl)c1. The number of hydrogen-bond donors (Lipinski definition) is 1. The van der Waals surface area contributed by atoms with Crippen molar-refractivity contribution in [1.82, 2.24) is 4.98 Å². The molecule has 0 aliphatic heterocycles. The molecule has 0 radical (unpaired) electrons. The van der Waals surface area contributed by atoms with Crippen LogP contribution in [0.15, 0.2) is 34.8 Å². The van der Waals surface area contributed by atoms with Crippen LogP contribution in [-0.2, 0) is 0 Å². The lowest BCUT2D eigenvalue weighted by atomic mass is 10.2. The molecule has 0 aliphatic carbocycles. The molecule has 0 spiro atoms. The third-order valence-electron chi connectivity index (χ3n) is 2.20. The summed E-state index contributed by atoms with van der Waals surface area (Å²) in [6, 6.07) is 7.01. The molecule has 3 nitrogen and oxygen atoms in total. The van der Waals surface area contributed by atoms with Crippen molar-refractivity contribution >= 4 is 50.7 Å². The van der Waals surface area contributed by atoms with Crippen molar-refractivity contribution in [2.75, 3.05) is 5.32 Å². The minimum atomic E-state index is -0.469. The zero-order chi connectivity index (χ0) is 14.0. The minimum absolute atomic E-state index is 0.111. The number of nitrogens with zero attached hydrogens (tertiary/aromatic N) is 1. The van der Waals surface area contributed by atoms with Crippen LogP contribution in [-0.4, -0.2) is 10.9 Å². The van der Waals surface area contributed by atoms with Crippen molar-refractivity contribution in [2.24, 2.45) is 0 Å². The molecule has 0 fully saturated rings. The molecule has 1 aromatic carbocycles. The third kappa shape index (κ3) is 3.65. The average molecular weight is 364 g/mol. The first-order valence-electron chi connectivity index (χ1n) is 5.05. The van der Waals surface area contributed by atoms with Gasteiger partial charge in [0, 0.05) is 11.3 Å². The molecule has 0 atom stereocenters. The van der Waals surface area contributed by atoms with E-state index < -0.39 is 11.7 Å². The molecule has 2 aromatic rings. The summed E-state index contributed by atoms with van der Waals surface area (Å²) < 4.78 is 13.6. The summed E-state index contributed by atoms with van der Waals surface area (Å²) in [5.41, 5.74) is 0.572. The van der Waals surface area contributed by atoms with E-state index in [1.54, 1.807) is 6.07 Å². The van der Waals surface area contributed by atoms with Gasteiger partial charge in [0.2, 0.25) is 0 Å². The van der Waals surface area contributed by atoms with E-state index in [0.717, 1.165) is 0 Å². The summed E-state index contributed by atoms with van der Waals surface area (Å²) in [5, 5.41) is 2.76. The number of carbonyl (C=O) groups excluding carboxylic acids is 1. The lowest BCUT2D eigenvalue weighted by Crippen LogP contribution is -2.12. The van der Waals surface area contributed by atoms with Gasteiger partial charge in [0.1, 0.15) is 16.1 Å². The lowest BCUT2D eigenvalue weighted by molar-refractivity contribution is 0.102. The molecule has 98 valence electrons. The normalized spacial score (nSPS) is 10.3. The Kier molecular flexibility index (Phi) is 4.39. The molecule has 0 saturated carbocycles. The summed E-state index contributed by atoms with van der Waals surface area (Å²) >= 11 is 14.4. The van der Waals surface area contributed by atoms with E-state index in [2.05, 4.69) is 26.2 Å². The van der Waals surface area contributed by atoms with E-state index in [0.29, 0.717) is 10.2 Å². The van der Waals surface area contributed by atoms with Gasteiger partial charge in [0.15, 0.2) is 0 Å². The number of aromatic nitrogens is 1. The van der Waals surface area contributed by atoms with Gasteiger partial charge < -0.3 is 5.32 Å². The first kappa shape index (κ1) is 14.2. The summed E-state index contributed by atoms with van der Waals surface area (Å²) in [4.78, 5) is 15.7. The minimum Gasteiger partial charge on any atom is -0.322 e. The molecule has 1 heterocycles. The number of hydrogen-bond acceptors (Lipinski definition) is 2. The zero-order valence-corrected chi connectivity index (χ0v) is 12.4. The van der Waals surface area contributed by atoms with Crippen molar-refractivity contribution in [3.8, 4) is 0 Å². The smallest absolute Gasteiger partial charge is 0.255 e. The lowest BCUT2D eigenvalue weighted by Gasteiger charge is -2.06. The predicted molar refractivity (Wildman–Crippen MR) is 76.3 cm³/mol. The Bertz CT molecular complexity index is 631. The zero-order valence-electron chi connectivity index (χ0n) is 9.25. The highest BCUT2D eigenvalue weighted by Gasteiger charge is 2.10. The Morgan fingerprint density at radius 1 is 1.21 bits per heavy atom. The molecule has 0 aliphatic rings. The molecular weight excluding hydrogens is 358 g/mol. The summed E-state index contributed by atoms with van der Waals surface area (Å²) in [6.45, 7) is 0. The van der Waals surface area contributed by atoms with Crippen LogP contribution < -0.4 is 5.32 Å². The molecule has 19 heavy (non-hydrogen) atoms. The fraction of sp³-hybridized carbons (Fsp3) is 0. The van der Waals surface area contributed by atoms with Crippen LogP contribution in [0.1, 0.15) is 10.4 Å². The van der Waals surface area contributed by atoms with E-state index in [1.165, 1.54) is 24.3 Å². The van der Waals surface area contributed by atoms with Crippen LogP contribution in [0.5, 0.6) is 0 Å². The van der Waals surface area contributed by atoms with Gasteiger partial charge in [-0.2, -0.15) is 0 Å². The van der Waals surface area contributed by atoms with Crippen molar-refractivity contribution in [1.29, 1.82) is 0 Å². The van der Waals surface area contributed by atoms with Crippen molar-refractivity contribution in [2.45, 2.75) is 0 Å². The standard InChI is InChI=1S/C12H6BrCl2FN2O/c13-8-2-1-7(5-9(8)16)17-12(19)6-3-10(14)18-11(15)4-6/h1-5H,(H,17,19). The second-order valence-corrected chi connectivity index (χ2v) is 5.21. The number of anilines is 1. The Balaban J connectivity index is 2.22. The van der Waals surface area contributed by atoms with Gasteiger partial charge >= 0.3 is 0 Å². The maximum Gasteiger partial charge on any atom is 0.255 e. The topological polar surface area (TPSA) is 42.0 Å². The highest BCUT2D eigenvalue weighted by molar-refractivity contribution is 9.10. The number of rotatable bonds is 2. The highest BCUT2D eigenvalue weighted by Crippen LogP contribution is 2.21. The van der Waals surface area contributed by atoms with Crippen LogP contribution in [0.25, 0.3) is 0 Å². The largest absolute Gasteiger partial charge is 0.322 e. The van der Waals surface area contributed by atoms with E-state index in [-0.39, 0.29) is 15.9 Å². The van der Waals surface area contributed by atoms with Crippen molar-refractivity contribution < 1.29 is 9.18 Å². The van der Waals surface area contributed by atoms with Crippen LogP contribution in [0, 0.1) is 5.82 Å². The molecule has 1 N–H and O–H groups in total. The van der Waals surface area contributed by atoms with E-state index in [1.807, 2.05) is 0 Å². The number of carbonyl (C=O) groups is 1. The number of nitrogens with one attached hydrogen (secondary N) is 1. The molecule has 7 heteroatoms. The van der Waals surface area contributed by atoms with Crippen LogP contribution in [0.3, 0.4) is 0 Å². The van der Waals surface area contributed by atoms with Gasteiger partial charge in [-0.05, 0) is 46.3 Å². The van der Waals surface area contributed by atoms with Gasteiger partial charge in [0.25, 0.3) is 5.91 Å². The fourth-order valence-electron chi connectivity index (χ4n) is 1.37. The Morgan fingerprint density at radius 3 is 2.42 bits per heavy atom. The van der Waals surface area contributed by atoms with Crippen molar-refractivity contribution in [3.63, 3.8) is 0 Å². The van der Waals surface area contributed by atoms with E-state index in [9.17, 15) is 9.18 Å². The first-order valence-corrected chi connectivity index (χ1v) is 6.60. The molecule has 0 bridgehead atoms. The van der Waals surface area contributed by atoms with Gasteiger partial charge in [-0.1, -0.05) is 23.2 Å². The molecular formula is C12H6BrCl2FN2O.